The maximum absolute atomic E-state index is 10.0. The van der Waals surface area contributed by atoms with E-state index in [1.165, 1.54) is 0 Å². The van der Waals surface area contributed by atoms with E-state index in [2.05, 4.69) is 25.6 Å². The van der Waals surface area contributed by atoms with Gasteiger partial charge in [-0.2, -0.15) is 10.2 Å². The summed E-state index contributed by atoms with van der Waals surface area (Å²) in [4.78, 5) is 10.0. The molecule has 0 amide bonds. The van der Waals surface area contributed by atoms with E-state index in [-0.39, 0.29) is 5.48 Å². The van der Waals surface area contributed by atoms with Crippen molar-refractivity contribution in [3.63, 3.8) is 0 Å². The van der Waals surface area contributed by atoms with Crippen molar-refractivity contribution in [2.45, 2.75) is 27.7 Å². The minimum Gasteiger partial charge on any atom is -0.870 e. The van der Waals surface area contributed by atoms with Crippen molar-refractivity contribution < 1.29 is 10.6 Å². The van der Waals surface area contributed by atoms with Gasteiger partial charge in [0, 0.05) is 6.92 Å². The van der Waals surface area contributed by atoms with E-state index in [9.17, 15) is 4.91 Å². The van der Waals surface area contributed by atoms with Gasteiger partial charge in [0.15, 0.2) is 0 Å². The van der Waals surface area contributed by atoms with Crippen molar-refractivity contribution in [3.05, 3.63) is 27.7 Å². The van der Waals surface area contributed by atoms with E-state index in [0.717, 1.165) is 28.5 Å². The number of rotatable bonds is 1. The molecule has 18 heavy (non-hydrogen) atoms. The second-order valence-corrected chi connectivity index (χ2v) is 3.79. The minimum atomic E-state index is 0. The lowest BCUT2D eigenvalue weighted by molar-refractivity contribution is -0.457. The van der Waals surface area contributed by atoms with Crippen LogP contribution in [-0.4, -0.2) is 20.8 Å². The summed E-state index contributed by atoms with van der Waals surface area (Å²) in [5, 5.41) is 15.0. The summed E-state index contributed by atoms with van der Waals surface area (Å²) in [6.07, 6.45) is 0. The van der Waals surface area contributed by atoms with E-state index in [4.69, 9.17) is 5.73 Å². The van der Waals surface area contributed by atoms with Crippen LogP contribution in [0.2, 0.25) is 0 Å². The van der Waals surface area contributed by atoms with Crippen molar-refractivity contribution in [1.82, 2.24) is 15.3 Å². The second-order valence-electron chi connectivity index (χ2n) is 3.79. The molecule has 0 aliphatic rings. The van der Waals surface area contributed by atoms with Gasteiger partial charge in [-0.3, -0.25) is 5.10 Å². The highest BCUT2D eigenvalue weighted by Gasteiger charge is 2.10. The molecule has 0 saturated heterocycles. The highest BCUT2D eigenvalue weighted by molar-refractivity contribution is 5.45. The SMILES string of the molecule is Cc1[nH][nH+]c(C)c1N=O.Cc1n[nH]c(C)c1N.[OH-]. The number of anilines is 1. The molecule has 8 nitrogen and oxygen atoms in total. The first-order valence-corrected chi connectivity index (χ1v) is 5.14. The Labute approximate surface area is 104 Å². The van der Waals surface area contributed by atoms with E-state index >= 15 is 0 Å². The molecule has 8 heteroatoms. The zero-order valence-corrected chi connectivity index (χ0v) is 10.8. The third kappa shape index (κ3) is 3.39. The number of hydrogen-bond acceptors (Lipinski definition) is 5. The smallest absolute Gasteiger partial charge is 0.231 e. The largest absolute Gasteiger partial charge is 0.870 e. The summed E-state index contributed by atoms with van der Waals surface area (Å²) in [7, 11) is 0. The Bertz CT molecular complexity index is 477. The molecule has 0 radical (unpaired) electrons. The zero-order chi connectivity index (χ0) is 13.0. The summed E-state index contributed by atoms with van der Waals surface area (Å²) in [6, 6.07) is 0. The van der Waals surface area contributed by atoms with Gasteiger partial charge in [-0.1, -0.05) is 0 Å². The van der Waals surface area contributed by atoms with Gasteiger partial charge in [0.05, 0.1) is 17.1 Å². The molecular weight excluding hydrogens is 236 g/mol. The highest BCUT2D eigenvalue weighted by Crippen LogP contribution is 2.16. The predicted molar refractivity (Wildman–Crippen MR) is 66.7 cm³/mol. The first-order valence-electron chi connectivity index (χ1n) is 5.14. The standard InChI is InChI=1S/C5H7N3O.C5H9N3.H2O/c1-3-5(8-9)4(2)7-6-3;1-3-5(6)4(2)8-7-3;/h1-2H3,(H,6,7);6H2,1-2H3,(H,7,8);1H2. The van der Waals surface area contributed by atoms with Crippen LogP contribution in [0.25, 0.3) is 0 Å². The highest BCUT2D eigenvalue weighted by atomic mass is 16.3. The van der Waals surface area contributed by atoms with Crippen molar-refractivity contribution in [1.29, 1.82) is 0 Å². The van der Waals surface area contributed by atoms with Gasteiger partial charge in [-0.25, -0.2) is 0 Å². The van der Waals surface area contributed by atoms with E-state index < -0.39 is 0 Å². The molecule has 0 saturated carbocycles. The first kappa shape index (κ1) is 15.8. The normalized spacial score (nSPS) is 9.11. The van der Waals surface area contributed by atoms with Gasteiger partial charge in [0.1, 0.15) is 5.69 Å². The average molecular weight is 254 g/mol. The molecule has 100 valence electrons. The van der Waals surface area contributed by atoms with Crippen LogP contribution in [0.1, 0.15) is 22.8 Å². The fraction of sp³-hybridized carbons (Fsp3) is 0.400. The Balaban J connectivity index is 0.000000306. The Hall–Kier alpha value is -2.22. The van der Waals surface area contributed by atoms with Crippen LogP contribution in [0.15, 0.2) is 5.18 Å². The van der Waals surface area contributed by atoms with Crippen molar-refractivity contribution in [2.75, 3.05) is 5.73 Å². The van der Waals surface area contributed by atoms with Gasteiger partial charge in [-0.05, 0) is 25.9 Å². The molecule has 0 atom stereocenters. The molecule has 2 heterocycles. The molecule has 0 aliphatic carbocycles. The molecule has 6 N–H and O–H groups in total. The van der Waals surface area contributed by atoms with Crippen molar-refractivity contribution in [3.8, 4) is 0 Å². The fourth-order valence-electron chi connectivity index (χ4n) is 1.28. The lowest BCUT2D eigenvalue weighted by Gasteiger charge is -1.84. The average Bonchev–Trinajstić information content (AvgIpc) is 2.77. The number of aromatic nitrogens is 4. The molecule has 2 aromatic heterocycles. The first-order chi connectivity index (χ1) is 7.97. The molecule has 0 spiro atoms. The second kappa shape index (κ2) is 6.50. The van der Waals surface area contributed by atoms with E-state index in [1.54, 1.807) is 13.8 Å². The van der Waals surface area contributed by atoms with Crippen LogP contribution in [0.5, 0.6) is 0 Å². The van der Waals surface area contributed by atoms with E-state index in [0.29, 0.717) is 5.69 Å². The van der Waals surface area contributed by atoms with Crippen LogP contribution in [0.4, 0.5) is 11.4 Å². The van der Waals surface area contributed by atoms with Crippen molar-refractivity contribution >= 4 is 11.4 Å². The van der Waals surface area contributed by atoms with Crippen molar-refractivity contribution in [2.24, 2.45) is 5.18 Å². The summed E-state index contributed by atoms with van der Waals surface area (Å²) in [5.74, 6) is 0. The van der Waals surface area contributed by atoms with Crippen LogP contribution < -0.4 is 10.8 Å². The number of nitrogen functional groups attached to an aromatic ring is 1. The van der Waals surface area contributed by atoms with Gasteiger partial charge < -0.3 is 11.2 Å². The number of nitrogens with zero attached hydrogens (tertiary/aromatic N) is 2. The quantitative estimate of drug-likeness (QED) is 0.658. The van der Waals surface area contributed by atoms with Gasteiger partial charge in [0.2, 0.25) is 11.4 Å². The lowest BCUT2D eigenvalue weighted by Crippen LogP contribution is -2.04. The Kier molecular flexibility index (Phi) is 5.70. The zero-order valence-electron chi connectivity index (χ0n) is 10.8. The van der Waals surface area contributed by atoms with Gasteiger partial charge >= 0.3 is 0 Å². The Morgan fingerprint density at radius 2 is 1.83 bits per heavy atom. The summed E-state index contributed by atoms with van der Waals surface area (Å²) in [5.41, 5.74) is 10.1. The summed E-state index contributed by atoms with van der Waals surface area (Å²) < 4.78 is 0. The number of aryl methyl sites for hydroxylation is 4. The predicted octanol–water partition coefficient (Wildman–Crippen LogP) is 1.28. The lowest BCUT2D eigenvalue weighted by atomic mass is 10.3. The maximum atomic E-state index is 10.0. The fourth-order valence-corrected chi connectivity index (χ4v) is 1.28. The number of nitrogens with two attached hydrogens (primary N) is 1. The molecule has 0 bridgehead atoms. The van der Waals surface area contributed by atoms with Crippen LogP contribution in [0.3, 0.4) is 0 Å². The maximum Gasteiger partial charge on any atom is 0.231 e. The van der Waals surface area contributed by atoms with Gasteiger partial charge in [0.25, 0.3) is 0 Å². The molecule has 0 fully saturated rings. The third-order valence-corrected chi connectivity index (χ3v) is 2.42. The third-order valence-electron chi connectivity index (χ3n) is 2.42. The van der Waals surface area contributed by atoms with Crippen LogP contribution in [0, 0.1) is 32.6 Å². The monoisotopic (exact) mass is 254 g/mol. The van der Waals surface area contributed by atoms with Crippen LogP contribution in [-0.2, 0) is 0 Å². The van der Waals surface area contributed by atoms with E-state index in [1.807, 2.05) is 13.8 Å². The Morgan fingerprint density at radius 1 is 1.22 bits per heavy atom. The summed E-state index contributed by atoms with van der Waals surface area (Å²) in [6.45, 7) is 7.36. The summed E-state index contributed by atoms with van der Waals surface area (Å²) >= 11 is 0. The Morgan fingerprint density at radius 3 is 2.00 bits per heavy atom. The number of nitrogens with one attached hydrogen (secondary N) is 3. The molecule has 0 unspecified atom stereocenters. The molecule has 0 aliphatic heterocycles. The van der Waals surface area contributed by atoms with Gasteiger partial charge in [-0.15, -0.1) is 10.0 Å². The number of aromatic amines is 3. The molecular formula is C10H18N6O2. The number of nitroso groups, excluding NO2 is 1. The number of H-pyrrole nitrogens is 3. The molecule has 2 aromatic rings. The molecule has 0 aromatic carbocycles. The number of hydrogen-bond donors (Lipinski definition) is 3. The topological polar surface area (TPSA) is 144 Å². The molecule has 2 rings (SSSR count). The minimum absolute atomic E-state index is 0. The van der Waals surface area contributed by atoms with Crippen LogP contribution >= 0.6 is 0 Å².